The van der Waals surface area contributed by atoms with Crippen molar-refractivity contribution in [2.45, 2.75) is 52.1 Å². The lowest BCUT2D eigenvalue weighted by Gasteiger charge is -2.37. The molecule has 0 aliphatic rings. The number of carboxylic acid groups (broad SMARTS) is 1. The van der Waals surface area contributed by atoms with E-state index in [9.17, 15) is 14.4 Å². The van der Waals surface area contributed by atoms with E-state index >= 15 is 0 Å². The molecule has 0 unspecified atom stereocenters. The summed E-state index contributed by atoms with van der Waals surface area (Å²) in [7, 11) is 1.22. The molecule has 4 N–H and O–H groups in total. The van der Waals surface area contributed by atoms with E-state index in [-0.39, 0.29) is 12.8 Å². The summed E-state index contributed by atoms with van der Waals surface area (Å²) in [5.41, 5.74) is 4.16. The van der Waals surface area contributed by atoms with Gasteiger partial charge in [0.15, 0.2) is 0 Å². The van der Waals surface area contributed by atoms with E-state index in [1.54, 1.807) is 27.7 Å². The molecule has 0 aromatic rings. The zero-order chi connectivity index (χ0) is 16.1. The molecule has 0 saturated carbocycles. The number of methoxy groups -OCH3 is 1. The molecule has 0 aromatic heterocycles. The van der Waals surface area contributed by atoms with Gasteiger partial charge in [0.2, 0.25) is 5.91 Å². The van der Waals surface area contributed by atoms with Crippen molar-refractivity contribution >= 4 is 17.8 Å². The van der Waals surface area contributed by atoms with Crippen molar-refractivity contribution < 1.29 is 24.2 Å². The highest BCUT2D eigenvalue weighted by atomic mass is 16.5. The second-order valence-corrected chi connectivity index (χ2v) is 5.83. The molecule has 0 heterocycles. The summed E-state index contributed by atoms with van der Waals surface area (Å²) in [4.78, 5) is 34.3. The highest BCUT2D eigenvalue weighted by molar-refractivity contribution is 5.88. The van der Waals surface area contributed by atoms with E-state index in [1.807, 2.05) is 0 Å². The van der Waals surface area contributed by atoms with Crippen molar-refractivity contribution in [3.8, 4) is 0 Å². The Kier molecular flexibility index (Phi) is 6.15. The molecule has 0 saturated heterocycles. The number of nitrogens with two attached hydrogens (primary N) is 1. The van der Waals surface area contributed by atoms with E-state index in [0.29, 0.717) is 0 Å². The van der Waals surface area contributed by atoms with Crippen molar-refractivity contribution in [3.05, 3.63) is 0 Å². The maximum atomic E-state index is 12.2. The van der Waals surface area contributed by atoms with Gasteiger partial charge in [0.1, 0.15) is 6.04 Å². The van der Waals surface area contributed by atoms with Crippen LogP contribution in [0.1, 0.15) is 40.5 Å². The lowest BCUT2D eigenvalue weighted by molar-refractivity contribution is -0.146. The van der Waals surface area contributed by atoms with Gasteiger partial charge in [-0.25, -0.2) is 4.79 Å². The number of aliphatic carboxylic acids is 1. The topological polar surface area (TPSA) is 119 Å². The number of nitrogens with one attached hydrogen (secondary N) is 1. The minimum absolute atomic E-state index is 0.0329. The molecule has 0 fully saturated rings. The fourth-order valence-corrected chi connectivity index (χ4v) is 1.25. The summed E-state index contributed by atoms with van der Waals surface area (Å²) in [5.74, 6) is -2.20. The van der Waals surface area contributed by atoms with Crippen molar-refractivity contribution in [1.82, 2.24) is 5.32 Å². The molecule has 1 amide bonds. The Morgan fingerprint density at radius 2 is 1.75 bits per heavy atom. The number of carbonyl (C=O) groups excluding carboxylic acids is 2. The molecule has 0 radical (unpaired) electrons. The van der Waals surface area contributed by atoms with E-state index in [0.717, 1.165) is 0 Å². The monoisotopic (exact) mass is 288 g/mol. The normalized spacial score (nSPS) is 13.5. The van der Waals surface area contributed by atoms with Gasteiger partial charge < -0.3 is 20.9 Å². The number of rotatable bonds is 7. The molecular formula is C13H24N2O5. The van der Waals surface area contributed by atoms with Crippen LogP contribution < -0.4 is 11.1 Å². The molecule has 0 rings (SSSR count). The van der Waals surface area contributed by atoms with Gasteiger partial charge in [0.25, 0.3) is 0 Å². The Morgan fingerprint density at radius 1 is 1.25 bits per heavy atom. The van der Waals surface area contributed by atoms with Gasteiger partial charge in [0, 0.05) is 12.0 Å². The minimum Gasteiger partial charge on any atom is -0.480 e. The Hall–Kier alpha value is -1.63. The van der Waals surface area contributed by atoms with Crippen LogP contribution in [0, 0.1) is 5.41 Å². The van der Waals surface area contributed by atoms with E-state index < -0.39 is 34.8 Å². The summed E-state index contributed by atoms with van der Waals surface area (Å²) in [6.45, 7) is 6.66. The number of hydrogen-bond acceptors (Lipinski definition) is 5. The van der Waals surface area contributed by atoms with Crippen LogP contribution in [0.2, 0.25) is 0 Å². The Balaban J connectivity index is 4.81. The summed E-state index contributed by atoms with van der Waals surface area (Å²) in [6.07, 6.45) is -0.116. The fraction of sp³-hybridized carbons (Fsp3) is 0.769. The average Bonchev–Trinajstić information content (AvgIpc) is 2.31. The van der Waals surface area contributed by atoms with Gasteiger partial charge in [0.05, 0.1) is 12.5 Å². The third kappa shape index (κ3) is 4.80. The third-order valence-corrected chi connectivity index (χ3v) is 3.65. The lowest BCUT2D eigenvalue weighted by Crippen LogP contribution is -2.58. The Morgan fingerprint density at radius 3 is 2.10 bits per heavy atom. The maximum absolute atomic E-state index is 12.2. The summed E-state index contributed by atoms with van der Waals surface area (Å²) >= 11 is 0. The highest BCUT2D eigenvalue weighted by Crippen LogP contribution is 2.28. The smallest absolute Gasteiger partial charge is 0.326 e. The van der Waals surface area contributed by atoms with Gasteiger partial charge >= 0.3 is 11.9 Å². The number of carbonyl (C=O) groups is 3. The van der Waals surface area contributed by atoms with Crippen molar-refractivity contribution in [1.29, 1.82) is 0 Å². The van der Waals surface area contributed by atoms with Crippen LogP contribution in [0.5, 0.6) is 0 Å². The Bertz CT molecular complexity index is 385. The number of esters is 1. The predicted octanol–water partition coefficient (Wildman–Crippen LogP) is 0.273. The number of ether oxygens (including phenoxy) is 1. The van der Waals surface area contributed by atoms with E-state index in [2.05, 4.69) is 10.1 Å². The molecule has 0 aliphatic carbocycles. The predicted molar refractivity (Wildman–Crippen MR) is 72.9 cm³/mol. The zero-order valence-electron chi connectivity index (χ0n) is 12.6. The van der Waals surface area contributed by atoms with Crippen LogP contribution in [0.3, 0.4) is 0 Å². The van der Waals surface area contributed by atoms with Crippen molar-refractivity contribution in [2.75, 3.05) is 7.11 Å². The first kappa shape index (κ1) is 18.4. The van der Waals surface area contributed by atoms with Crippen LogP contribution >= 0.6 is 0 Å². The lowest BCUT2D eigenvalue weighted by atomic mass is 9.74. The van der Waals surface area contributed by atoms with E-state index in [1.165, 1.54) is 7.11 Å². The molecule has 116 valence electrons. The average molecular weight is 288 g/mol. The van der Waals surface area contributed by atoms with Crippen LogP contribution in [0.15, 0.2) is 0 Å². The highest BCUT2D eigenvalue weighted by Gasteiger charge is 2.41. The number of hydrogen-bond donors (Lipinski definition) is 3. The second kappa shape index (κ2) is 6.69. The van der Waals surface area contributed by atoms with Gasteiger partial charge in [-0.05, 0) is 34.1 Å². The van der Waals surface area contributed by atoms with Crippen LogP contribution in [0.4, 0.5) is 0 Å². The van der Waals surface area contributed by atoms with Gasteiger partial charge in [-0.1, -0.05) is 0 Å². The van der Waals surface area contributed by atoms with E-state index in [4.69, 9.17) is 10.8 Å². The minimum atomic E-state index is -1.20. The zero-order valence-corrected chi connectivity index (χ0v) is 12.6. The molecule has 7 heteroatoms. The SMILES string of the molecule is COC(=O)CC[C@@H](NC(=O)C(C)(C)C(C)(C)N)C(=O)O. The molecule has 0 aliphatic heterocycles. The van der Waals surface area contributed by atoms with Crippen LogP contribution in [-0.2, 0) is 19.1 Å². The maximum Gasteiger partial charge on any atom is 0.326 e. The number of carboxylic acids is 1. The summed E-state index contributed by atoms with van der Waals surface area (Å²) in [6, 6.07) is -1.15. The molecule has 20 heavy (non-hydrogen) atoms. The van der Waals surface area contributed by atoms with Crippen molar-refractivity contribution in [3.63, 3.8) is 0 Å². The van der Waals surface area contributed by atoms with Crippen LogP contribution in [-0.4, -0.2) is 41.6 Å². The third-order valence-electron chi connectivity index (χ3n) is 3.65. The van der Waals surface area contributed by atoms with Crippen molar-refractivity contribution in [2.24, 2.45) is 11.1 Å². The summed E-state index contributed by atoms with van der Waals surface area (Å²) in [5, 5.41) is 11.5. The quantitative estimate of drug-likeness (QED) is 0.579. The largest absolute Gasteiger partial charge is 0.480 e. The first-order valence-corrected chi connectivity index (χ1v) is 6.33. The standard InChI is InChI=1S/C13H24N2O5/c1-12(2,13(3,4)14)11(19)15-8(10(17)18)6-7-9(16)20-5/h8H,6-7,14H2,1-5H3,(H,15,19)(H,17,18)/t8-/m1/s1. The fourth-order valence-electron chi connectivity index (χ4n) is 1.25. The molecular weight excluding hydrogens is 264 g/mol. The molecule has 0 spiro atoms. The van der Waals surface area contributed by atoms with Gasteiger partial charge in [-0.2, -0.15) is 0 Å². The van der Waals surface area contributed by atoms with Crippen LogP contribution in [0.25, 0.3) is 0 Å². The second-order valence-electron chi connectivity index (χ2n) is 5.83. The summed E-state index contributed by atoms with van der Waals surface area (Å²) < 4.78 is 4.44. The van der Waals surface area contributed by atoms with Gasteiger partial charge in [-0.15, -0.1) is 0 Å². The molecule has 1 atom stereocenters. The molecule has 0 aromatic carbocycles. The number of amides is 1. The Labute approximate surface area is 118 Å². The van der Waals surface area contributed by atoms with Gasteiger partial charge in [-0.3, -0.25) is 9.59 Å². The first-order valence-electron chi connectivity index (χ1n) is 6.33. The molecule has 7 nitrogen and oxygen atoms in total. The first-order chi connectivity index (χ1) is 8.93. The molecule has 0 bridgehead atoms.